The van der Waals surface area contributed by atoms with Gasteiger partial charge >= 0.3 is 0 Å². The van der Waals surface area contributed by atoms with Crippen LogP contribution >= 0.6 is 11.6 Å². The maximum absolute atomic E-state index is 14.3. The first-order valence-electron chi connectivity index (χ1n) is 8.24. The number of hydrogen-bond donors (Lipinski definition) is 1. The van der Waals surface area contributed by atoms with Gasteiger partial charge in [-0.3, -0.25) is 4.79 Å². The van der Waals surface area contributed by atoms with Gasteiger partial charge in [0.1, 0.15) is 17.4 Å². The molecule has 0 unspecified atom stereocenters. The summed E-state index contributed by atoms with van der Waals surface area (Å²) >= 11 is 6.22. The summed E-state index contributed by atoms with van der Waals surface area (Å²) < 4.78 is 19.5. The molecule has 2 heterocycles. The molecule has 1 N–H and O–H groups in total. The van der Waals surface area contributed by atoms with Gasteiger partial charge in [-0.25, -0.2) is 9.37 Å². The van der Waals surface area contributed by atoms with E-state index in [-0.39, 0.29) is 11.4 Å². The number of benzene rings is 1. The number of carbonyl (C=O) groups is 1. The summed E-state index contributed by atoms with van der Waals surface area (Å²) in [6.45, 7) is 1.99. The number of nitrogens with zero attached hydrogens (tertiary/aromatic N) is 4. The summed E-state index contributed by atoms with van der Waals surface area (Å²) in [5, 5.41) is 13.2. The summed E-state index contributed by atoms with van der Waals surface area (Å²) in [6.07, 6.45) is 2.15. The lowest BCUT2D eigenvalue weighted by Crippen LogP contribution is -2.49. The molecule has 7 nitrogen and oxygen atoms in total. The van der Waals surface area contributed by atoms with Crippen molar-refractivity contribution in [1.82, 2.24) is 9.88 Å². The zero-order valence-corrected chi connectivity index (χ0v) is 15.4. The molecule has 142 valence electrons. The molecule has 0 radical (unpaired) electrons. The number of hydrogen-bond acceptors (Lipinski definition) is 6. The second-order valence-electron chi connectivity index (χ2n) is 5.91. The van der Waals surface area contributed by atoms with Gasteiger partial charge in [-0.2, -0.15) is 0 Å². The first-order chi connectivity index (χ1) is 13.1. The van der Waals surface area contributed by atoms with E-state index in [9.17, 15) is 14.4 Å². The lowest BCUT2D eigenvalue weighted by molar-refractivity contribution is 0.112. The molecule has 1 fully saturated rings. The number of aldehydes is 1. The predicted octanol–water partition coefficient (Wildman–Crippen LogP) is 2.65. The normalized spacial score (nSPS) is 15.0. The van der Waals surface area contributed by atoms with E-state index < -0.39 is 5.82 Å². The first kappa shape index (κ1) is 18.9. The van der Waals surface area contributed by atoms with Crippen LogP contribution in [0, 0.1) is 5.82 Å². The van der Waals surface area contributed by atoms with Crippen molar-refractivity contribution in [3.8, 4) is 5.75 Å². The van der Waals surface area contributed by atoms with Crippen LogP contribution in [0.25, 0.3) is 0 Å². The van der Waals surface area contributed by atoms with Crippen LogP contribution in [-0.2, 0) is 0 Å². The Bertz CT molecular complexity index is 870. The summed E-state index contributed by atoms with van der Waals surface area (Å²) in [4.78, 5) is 18.8. The average Bonchev–Trinajstić information content (AvgIpc) is 2.70. The Balaban J connectivity index is 1.78. The molecule has 9 heteroatoms. The highest BCUT2D eigenvalue weighted by molar-refractivity contribution is 6.33. The third-order valence-corrected chi connectivity index (χ3v) is 4.65. The van der Waals surface area contributed by atoms with Crippen LogP contribution in [0.1, 0.15) is 15.9 Å². The van der Waals surface area contributed by atoms with Crippen LogP contribution in [-0.4, -0.2) is 60.5 Å². The van der Waals surface area contributed by atoms with Crippen LogP contribution in [0.3, 0.4) is 0 Å². The summed E-state index contributed by atoms with van der Waals surface area (Å²) in [7, 11) is 1.43. The van der Waals surface area contributed by atoms with Gasteiger partial charge in [-0.05, 0) is 18.2 Å². The van der Waals surface area contributed by atoms with E-state index in [0.717, 1.165) is 0 Å². The Hall–Kier alpha value is -2.87. The number of oxime groups is 1. The quantitative estimate of drug-likeness (QED) is 0.283. The minimum absolute atomic E-state index is 0.111. The van der Waals surface area contributed by atoms with E-state index in [4.69, 9.17) is 16.3 Å². The van der Waals surface area contributed by atoms with Crippen LogP contribution in [0.15, 0.2) is 35.6 Å². The highest BCUT2D eigenvalue weighted by Gasteiger charge is 2.27. The third-order valence-electron chi connectivity index (χ3n) is 4.37. The third kappa shape index (κ3) is 3.80. The molecule has 1 aliphatic heterocycles. The van der Waals surface area contributed by atoms with Gasteiger partial charge in [0.05, 0.1) is 17.7 Å². The summed E-state index contributed by atoms with van der Waals surface area (Å²) in [5.41, 5.74) is 0.520. The molecule has 0 amide bonds. The Morgan fingerprint density at radius 3 is 2.70 bits per heavy atom. The summed E-state index contributed by atoms with van der Waals surface area (Å²) in [6, 6.07) is 5.99. The zero-order valence-electron chi connectivity index (χ0n) is 14.6. The molecular weight excluding hydrogens is 375 g/mol. The fourth-order valence-corrected chi connectivity index (χ4v) is 3.33. The number of methoxy groups -OCH3 is 1. The monoisotopic (exact) mass is 392 g/mol. The van der Waals surface area contributed by atoms with Gasteiger partial charge in [0.25, 0.3) is 0 Å². The fraction of sp³-hybridized carbons (Fsp3) is 0.278. The van der Waals surface area contributed by atoms with Crippen LogP contribution in [0.5, 0.6) is 5.75 Å². The molecule has 0 aliphatic carbocycles. The number of rotatable bonds is 4. The number of piperazine rings is 1. The molecule has 3 rings (SSSR count). The molecule has 0 spiro atoms. The second kappa shape index (κ2) is 8.22. The number of amidine groups is 1. The van der Waals surface area contributed by atoms with E-state index in [0.29, 0.717) is 54.6 Å². The van der Waals surface area contributed by atoms with Gasteiger partial charge in [-0.15, -0.1) is 0 Å². The van der Waals surface area contributed by atoms with Crippen molar-refractivity contribution >= 4 is 29.5 Å². The van der Waals surface area contributed by atoms with Crippen molar-refractivity contribution in [3.05, 3.63) is 52.4 Å². The number of pyridine rings is 1. The fourth-order valence-electron chi connectivity index (χ4n) is 3.04. The molecule has 1 aromatic carbocycles. The van der Waals surface area contributed by atoms with Crippen molar-refractivity contribution in [3.63, 3.8) is 0 Å². The highest BCUT2D eigenvalue weighted by atomic mass is 35.5. The van der Waals surface area contributed by atoms with Crippen molar-refractivity contribution in [2.45, 2.75) is 0 Å². The highest BCUT2D eigenvalue weighted by Crippen LogP contribution is 2.27. The topological polar surface area (TPSA) is 78.3 Å². The van der Waals surface area contributed by atoms with E-state index in [1.54, 1.807) is 17.0 Å². The van der Waals surface area contributed by atoms with E-state index >= 15 is 0 Å². The molecular formula is C18H18ClFN4O3. The number of carbonyl (C=O) groups excluding carboxylic acids is 1. The van der Waals surface area contributed by atoms with E-state index in [2.05, 4.69) is 10.1 Å². The Morgan fingerprint density at radius 2 is 2.11 bits per heavy atom. The largest absolute Gasteiger partial charge is 0.496 e. The van der Waals surface area contributed by atoms with E-state index in [1.807, 2.05) is 4.90 Å². The van der Waals surface area contributed by atoms with Crippen molar-refractivity contribution in [2.75, 3.05) is 38.2 Å². The maximum Gasteiger partial charge on any atom is 0.182 e. The Morgan fingerprint density at radius 1 is 1.37 bits per heavy atom. The number of anilines is 1. The number of halogens is 2. The smallest absolute Gasteiger partial charge is 0.182 e. The van der Waals surface area contributed by atoms with Crippen molar-refractivity contribution < 1.29 is 19.1 Å². The van der Waals surface area contributed by atoms with Gasteiger partial charge in [0.15, 0.2) is 12.1 Å². The van der Waals surface area contributed by atoms with Crippen LogP contribution < -0.4 is 9.64 Å². The minimum atomic E-state index is -0.529. The molecule has 1 saturated heterocycles. The zero-order chi connectivity index (χ0) is 19.4. The molecule has 0 saturated carbocycles. The Kier molecular flexibility index (Phi) is 5.75. The van der Waals surface area contributed by atoms with Gasteiger partial charge in [0.2, 0.25) is 0 Å². The Labute approximate surface area is 160 Å². The van der Waals surface area contributed by atoms with Crippen LogP contribution in [0.4, 0.5) is 10.2 Å². The molecule has 27 heavy (non-hydrogen) atoms. The van der Waals surface area contributed by atoms with Gasteiger partial charge < -0.3 is 19.7 Å². The predicted molar refractivity (Wildman–Crippen MR) is 99.7 cm³/mol. The molecule has 2 aromatic rings. The van der Waals surface area contributed by atoms with E-state index in [1.165, 1.54) is 25.4 Å². The van der Waals surface area contributed by atoms with Crippen molar-refractivity contribution in [2.24, 2.45) is 5.16 Å². The number of aromatic nitrogens is 1. The molecule has 1 aromatic heterocycles. The maximum atomic E-state index is 14.3. The average molecular weight is 393 g/mol. The van der Waals surface area contributed by atoms with Gasteiger partial charge in [0, 0.05) is 37.9 Å². The van der Waals surface area contributed by atoms with Crippen molar-refractivity contribution in [1.29, 1.82) is 0 Å². The SMILES string of the molecule is COc1cccc(F)c1/C(=N/O)N1CCN(c2ncc(C=O)cc2Cl)CC1. The lowest BCUT2D eigenvalue weighted by Gasteiger charge is -2.37. The van der Waals surface area contributed by atoms with Crippen LogP contribution in [0.2, 0.25) is 5.02 Å². The lowest BCUT2D eigenvalue weighted by atomic mass is 10.1. The first-order valence-corrected chi connectivity index (χ1v) is 8.62. The standard InChI is InChI=1S/C18H18ClFN4O3/c1-27-15-4-2-3-14(20)16(15)18(22-26)24-7-5-23(6-8-24)17-13(19)9-12(11-25)10-21-17/h2-4,9-11,26H,5-8H2,1H3/b22-18-. The number of ether oxygens (including phenoxy) is 1. The molecule has 0 bridgehead atoms. The minimum Gasteiger partial charge on any atom is -0.496 e. The molecule has 0 atom stereocenters. The van der Waals surface area contributed by atoms with Gasteiger partial charge in [-0.1, -0.05) is 22.8 Å². The molecule has 1 aliphatic rings. The summed E-state index contributed by atoms with van der Waals surface area (Å²) in [5.74, 6) is 0.450. The second-order valence-corrected chi connectivity index (χ2v) is 6.31.